The number of hydrogen-bond acceptors (Lipinski definition) is 2. The van der Waals surface area contributed by atoms with E-state index in [1.165, 1.54) is 11.8 Å². The highest BCUT2D eigenvalue weighted by Crippen LogP contribution is 2.34. The van der Waals surface area contributed by atoms with E-state index in [0.29, 0.717) is 15.6 Å². The highest BCUT2D eigenvalue weighted by molar-refractivity contribution is 8.02. The van der Waals surface area contributed by atoms with Crippen molar-refractivity contribution in [2.24, 2.45) is 0 Å². The molecule has 0 heterocycles. The first-order chi connectivity index (χ1) is 6.65. The summed E-state index contributed by atoms with van der Waals surface area (Å²) in [5, 5.41) is 11.5. The van der Waals surface area contributed by atoms with Crippen LogP contribution in [0.2, 0.25) is 10.0 Å². The Kier molecular flexibility index (Phi) is 4.34. The van der Waals surface area contributed by atoms with E-state index >= 15 is 0 Å². The molecule has 0 aliphatic rings. The lowest BCUT2D eigenvalue weighted by atomic mass is 10.4. The molecule has 0 radical (unpaired) electrons. The zero-order valence-corrected chi connectivity index (χ0v) is 9.75. The Balaban J connectivity index is 2.93. The molecular formula is C10H7Cl2NS. The molecule has 0 aromatic heterocycles. The molecule has 1 rings (SSSR count). The molecule has 0 unspecified atom stereocenters. The third kappa shape index (κ3) is 2.95. The third-order valence-corrected chi connectivity index (χ3v) is 3.45. The number of benzene rings is 1. The van der Waals surface area contributed by atoms with Gasteiger partial charge in [-0.15, -0.1) is 0 Å². The largest absolute Gasteiger partial charge is 0.193 e. The van der Waals surface area contributed by atoms with E-state index in [2.05, 4.69) is 0 Å². The van der Waals surface area contributed by atoms with Crippen LogP contribution in [-0.2, 0) is 0 Å². The molecule has 0 N–H and O–H groups in total. The Labute approximate surface area is 97.3 Å². The number of allylic oxidation sites excluding steroid dienone is 1. The zero-order chi connectivity index (χ0) is 10.6. The molecule has 0 saturated carbocycles. The van der Waals surface area contributed by atoms with Gasteiger partial charge < -0.3 is 0 Å². The minimum absolute atomic E-state index is 0.601. The molecule has 0 amide bonds. The summed E-state index contributed by atoms with van der Waals surface area (Å²) < 4.78 is 0. The maximum atomic E-state index is 8.55. The van der Waals surface area contributed by atoms with Gasteiger partial charge in [-0.3, -0.25) is 0 Å². The lowest BCUT2D eigenvalue weighted by Gasteiger charge is -2.02. The Bertz CT molecular complexity index is 387. The highest BCUT2D eigenvalue weighted by atomic mass is 35.5. The van der Waals surface area contributed by atoms with Crippen molar-refractivity contribution in [3.63, 3.8) is 0 Å². The minimum Gasteiger partial charge on any atom is -0.193 e. The van der Waals surface area contributed by atoms with Gasteiger partial charge in [0.25, 0.3) is 0 Å². The minimum atomic E-state index is 0.601. The predicted molar refractivity (Wildman–Crippen MR) is 61.7 cm³/mol. The fourth-order valence-corrected chi connectivity index (χ4v) is 2.14. The molecule has 1 nitrogen and oxygen atoms in total. The van der Waals surface area contributed by atoms with Gasteiger partial charge in [0.15, 0.2) is 0 Å². The Morgan fingerprint density at radius 1 is 1.43 bits per heavy atom. The second-order valence-electron chi connectivity index (χ2n) is 2.58. The summed E-state index contributed by atoms with van der Waals surface area (Å²) in [6.45, 7) is 1.73. The summed E-state index contributed by atoms with van der Waals surface area (Å²) in [5.41, 5.74) is 0.631. The first kappa shape index (κ1) is 11.5. The molecule has 0 fully saturated rings. The Morgan fingerprint density at radius 3 is 2.50 bits per heavy atom. The van der Waals surface area contributed by atoms with E-state index < -0.39 is 0 Å². The molecule has 0 spiro atoms. The maximum absolute atomic E-state index is 8.55. The molecule has 0 saturated heterocycles. The number of hydrogen-bond donors (Lipinski definition) is 0. The van der Waals surface area contributed by atoms with Gasteiger partial charge in [0.1, 0.15) is 0 Å². The topological polar surface area (TPSA) is 23.8 Å². The number of halogens is 2. The first-order valence-electron chi connectivity index (χ1n) is 3.82. The highest BCUT2D eigenvalue weighted by Gasteiger charge is 2.03. The van der Waals surface area contributed by atoms with Crippen molar-refractivity contribution in [1.29, 1.82) is 5.26 Å². The molecule has 14 heavy (non-hydrogen) atoms. The van der Waals surface area contributed by atoms with Crippen molar-refractivity contribution in [3.05, 3.63) is 39.2 Å². The summed E-state index contributed by atoms with van der Waals surface area (Å²) in [6.07, 6.45) is 0. The van der Waals surface area contributed by atoms with Gasteiger partial charge in [0.2, 0.25) is 0 Å². The van der Waals surface area contributed by atoms with Crippen molar-refractivity contribution >= 4 is 35.0 Å². The van der Waals surface area contributed by atoms with E-state index in [0.717, 1.165) is 4.90 Å². The van der Waals surface area contributed by atoms with Crippen LogP contribution in [0.1, 0.15) is 6.92 Å². The van der Waals surface area contributed by atoms with Crippen LogP contribution < -0.4 is 0 Å². The van der Waals surface area contributed by atoms with E-state index in [1.54, 1.807) is 30.5 Å². The van der Waals surface area contributed by atoms with Gasteiger partial charge in [-0.2, -0.15) is 5.26 Å². The molecule has 4 heteroatoms. The molecule has 0 aliphatic heterocycles. The second kappa shape index (κ2) is 5.31. The standard InChI is InChI=1S/C10H7Cl2NS/c1-7(5-13)6-14-10-8(11)3-2-4-9(10)12/h2-4,6H,1H3. The van der Waals surface area contributed by atoms with Crippen LogP contribution in [0.25, 0.3) is 0 Å². The predicted octanol–water partition coefficient (Wildman–Crippen LogP) is 4.51. The van der Waals surface area contributed by atoms with E-state index in [1.807, 2.05) is 6.07 Å². The van der Waals surface area contributed by atoms with Crippen molar-refractivity contribution in [1.82, 2.24) is 0 Å². The quantitative estimate of drug-likeness (QED) is 0.564. The summed E-state index contributed by atoms with van der Waals surface area (Å²) in [6, 6.07) is 7.35. The van der Waals surface area contributed by atoms with Crippen molar-refractivity contribution in [2.45, 2.75) is 11.8 Å². The summed E-state index contributed by atoms with van der Waals surface area (Å²) in [5.74, 6) is 0. The zero-order valence-electron chi connectivity index (χ0n) is 7.42. The molecular weight excluding hydrogens is 237 g/mol. The number of rotatable bonds is 2. The summed E-state index contributed by atoms with van der Waals surface area (Å²) in [4.78, 5) is 0.783. The molecule has 0 bridgehead atoms. The Hall–Kier alpha value is -0.620. The van der Waals surface area contributed by atoms with Crippen molar-refractivity contribution < 1.29 is 0 Å². The van der Waals surface area contributed by atoms with Gasteiger partial charge in [-0.05, 0) is 24.5 Å². The van der Waals surface area contributed by atoms with Gasteiger partial charge in [0.05, 0.1) is 16.1 Å². The van der Waals surface area contributed by atoms with Gasteiger partial charge in [0, 0.05) is 10.5 Å². The van der Waals surface area contributed by atoms with Crippen LogP contribution in [0.15, 0.2) is 34.1 Å². The van der Waals surface area contributed by atoms with Crippen LogP contribution in [0.4, 0.5) is 0 Å². The Morgan fingerprint density at radius 2 is 2.00 bits per heavy atom. The van der Waals surface area contributed by atoms with E-state index in [4.69, 9.17) is 28.5 Å². The van der Waals surface area contributed by atoms with Gasteiger partial charge in [-0.1, -0.05) is 41.0 Å². The number of nitriles is 1. The van der Waals surface area contributed by atoms with E-state index in [9.17, 15) is 0 Å². The average molecular weight is 244 g/mol. The van der Waals surface area contributed by atoms with Crippen molar-refractivity contribution in [2.75, 3.05) is 0 Å². The molecule has 1 aromatic rings. The SMILES string of the molecule is CC(C#N)=CSc1c(Cl)cccc1Cl. The van der Waals surface area contributed by atoms with Crippen LogP contribution >= 0.6 is 35.0 Å². The van der Waals surface area contributed by atoms with Crippen molar-refractivity contribution in [3.8, 4) is 6.07 Å². The van der Waals surface area contributed by atoms with Gasteiger partial charge in [-0.25, -0.2) is 0 Å². The lowest BCUT2D eigenvalue weighted by molar-refractivity contribution is 1.45. The molecule has 1 aromatic carbocycles. The fraction of sp³-hybridized carbons (Fsp3) is 0.100. The first-order valence-corrected chi connectivity index (χ1v) is 5.46. The molecule has 72 valence electrons. The fourth-order valence-electron chi connectivity index (χ4n) is 0.769. The summed E-state index contributed by atoms with van der Waals surface area (Å²) >= 11 is 13.2. The lowest BCUT2D eigenvalue weighted by Crippen LogP contribution is -1.74. The summed E-state index contributed by atoms with van der Waals surface area (Å²) in [7, 11) is 0. The van der Waals surface area contributed by atoms with Crippen LogP contribution in [0.3, 0.4) is 0 Å². The number of nitrogens with zero attached hydrogens (tertiary/aromatic N) is 1. The average Bonchev–Trinajstić information content (AvgIpc) is 2.16. The number of thioether (sulfide) groups is 1. The van der Waals surface area contributed by atoms with Gasteiger partial charge >= 0.3 is 0 Å². The normalized spacial score (nSPS) is 11.1. The van der Waals surface area contributed by atoms with Crippen LogP contribution in [-0.4, -0.2) is 0 Å². The molecule has 0 aliphatic carbocycles. The van der Waals surface area contributed by atoms with Crippen LogP contribution in [0, 0.1) is 11.3 Å². The third-order valence-electron chi connectivity index (χ3n) is 1.45. The molecule has 0 atom stereocenters. The maximum Gasteiger partial charge on any atom is 0.0949 e. The smallest absolute Gasteiger partial charge is 0.0949 e. The van der Waals surface area contributed by atoms with E-state index in [-0.39, 0.29) is 0 Å². The second-order valence-corrected chi connectivity index (χ2v) is 4.28. The van der Waals surface area contributed by atoms with Crippen LogP contribution in [0.5, 0.6) is 0 Å². The monoisotopic (exact) mass is 243 g/mol.